The summed E-state index contributed by atoms with van der Waals surface area (Å²) in [5.41, 5.74) is 0. The summed E-state index contributed by atoms with van der Waals surface area (Å²) in [5.74, 6) is -0.693. The highest BCUT2D eigenvalue weighted by atomic mass is 16.7. The molecule has 346 valence electrons. The minimum Gasteiger partial charge on any atom is -0.394 e. The van der Waals surface area contributed by atoms with Crippen molar-refractivity contribution in [3.63, 3.8) is 0 Å². The van der Waals surface area contributed by atoms with Crippen LogP contribution in [0.1, 0.15) is 226 Å². The van der Waals surface area contributed by atoms with Gasteiger partial charge in [-0.15, -0.1) is 0 Å². The molecule has 0 bridgehead atoms. The molecule has 1 heterocycles. The van der Waals surface area contributed by atoms with E-state index >= 15 is 0 Å². The number of unbranched alkanes of at least 4 members (excludes halogenated alkanes) is 29. The molecule has 1 saturated heterocycles. The summed E-state index contributed by atoms with van der Waals surface area (Å²) < 4.78 is 11.1. The summed E-state index contributed by atoms with van der Waals surface area (Å²) in [7, 11) is 0. The maximum absolute atomic E-state index is 13.1. The molecule has 0 aromatic heterocycles. The topological polar surface area (TPSA) is 189 Å². The molecule has 1 amide bonds. The Balaban J connectivity index is 2.42. The van der Waals surface area contributed by atoms with Crippen LogP contribution < -0.4 is 5.32 Å². The van der Waals surface area contributed by atoms with Gasteiger partial charge in [0.1, 0.15) is 36.6 Å². The van der Waals surface area contributed by atoms with Crippen molar-refractivity contribution in [2.75, 3.05) is 13.2 Å². The van der Waals surface area contributed by atoms with Crippen molar-refractivity contribution >= 4 is 5.91 Å². The van der Waals surface area contributed by atoms with Crippen LogP contribution >= 0.6 is 0 Å². The van der Waals surface area contributed by atoms with Crippen LogP contribution in [0.4, 0.5) is 0 Å². The molecule has 9 atom stereocenters. The first-order chi connectivity index (χ1) is 28.2. The molecule has 9 unspecified atom stereocenters. The highest BCUT2D eigenvalue weighted by molar-refractivity contribution is 5.80. The van der Waals surface area contributed by atoms with E-state index in [-0.39, 0.29) is 6.42 Å². The van der Waals surface area contributed by atoms with Gasteiger partial charge in [0, 0.05) is 0 Å². The molecule has 11 heteroatoms. The number of carbonyl (C=O) groups is 1. The van der Waals surface area contributed by atoms with Crippen molar-refractivity contribution in [3.8, 4) is 0 Å². The average Bonchev–Trinajstić information content (AvgIpc) is 3.22. The van der Waals surface area contributed by atoms with E-state index in [2.05, 4.69) is 19.2 Å². The van der Waals surface area contributed by atoms with Gasteiger partial charge in [0.2, 0.25) is 5.91 Å². The van der Waals surface area contributed by atoms with Crippen molar-refractivity contribution in [1.82, 2.24) is 5.32 Å². The Morgan fingerprint density at radius 2 is 0.897 bits per heavy atom. The third kappa shape index (κ3) is 27.1. The number of nitrogens with one attached hydrogen (secondary N) is 1. The summed E-state index contributed by atoms with van der Waals surface area (Å²) in [6.07, 6.45) is 27.1. The molecule has 1 fully saturated rings. The van der Waals surface area contributed by atoms with Crippen molar-refractivity contribution < 1.29 is 50.0 Å². The Bertz CT molecular complexity index is 913. The fourth-order valence-corrected chi connectivity index (χ4v) is 8.09. The normalized spacial score (nSPS) is 21.8. The minimum atomic E-state index is -1.66. The van der Waals surface area contributed by atoms with E-state index in [1.54, 1.807) is 0 Å². The van der Waals surface area contributed by atoms with Crippen LogP contribution in [-0.4, -0.2) is 110 Å². The van der Waals surface area contributed by atoms with Crippen molar-refractivity contribution in [2.45, 2.75) is 281 Å². The molecule has 1 aliphatic heterocycles. The second kappa shape index (κ2) is 37.8. The van der Waals surface area contributed by atoms with E-state index in [4.69, 9.17) is 9.47 Å². The number of hydrogen-bond acceptors (Lipinski definition) is 10. The SMILES string of the molecule is CCCCCCCCCCCCCCCCCCCC(O)C(O)C(COC1OC(CO)C(O)C(O)C1O)NC(=O)C(O)CCCCCCCCCCCCCCCC. The first kappa shape index (κ1) is 55.1. The highest BCUT2D eigenvalue weighted by Gasteiger charge is 2.44. The fourth-order valence-electron chi connectivity index (χ4n) is 8.09. The number of aliphatic hydroxyl groups is 7. The van der Waals surface area contributed by atoms with Gasteiger partial charge < -0.3 is 50.5 Å². The minimum absolute atomic E-state index is 0.266. The number of rotatable bonds is 41. The Morgan fingerprint density at radius 3 is 1.28 bits per heavy atom. The summed E-state index contributed by atoms with van der Waals surface area (Å²) in [6, 6.07) is -1.16. The van der Waals surface area contributed by atoms with Gasteiger partial charge in [-0.05, 0) is 12.8 Å². The summed E-state index contributed by atoms with van der Waals surface area (Å²) in [6.45, 7) is 3.46. The van der Waals surface area contributed by atoms with Gasteiger partial charge in [-0.2, -0.15) is 0 Å². The van der Waals surface area contributed by atoms with Gasteiger partial charge in [-0.3, -0.25) is 4.79 Å². The number of aliphatic hydroxyl groups excluding tert-OH is 7. The Morgan fingerprint density at radius 1 is 0.534 bits per heavy atom. The average molecular weight is 832 g/mol. The molecule has 0 radical (unpaired) electrons. The molecule has 1 rings (SSSR count). The lowest BCUT2D eigenvalue weighted by Gasteiger charge is -2.40. The molecular formula is C47H93NO10. The smallest absolute Gasteiger partial charge is 0.249 e. The highest BCUT2D eigenvalue weighted by Crippen LogP contribution is 2.23. The van der Waals surface area contributed by atoms with Crippen LogP contribution in [-0.2, 0) is 14.3 Å². The van der Waals surface area contributed by atoms with Crippen molar-refractivity contribution in [2.24, 2.45) is 0 Å². The molecule has 1 aliphatic rings. The largest absolute Gasteiger partial charge is 0.394 e. The standard InChI is InChI=1S/C47H93NO10/c1-3-5-7-9-11-13-15-17-19-20-21-23-24-26-28-30-32-34-39(50)42(52)38(37-57-47-45(55)44(54)43(53)41(36-49)58-47)48-46(56)40(51)35-33-31-29-27-25-22-18-16-14-12-10-8-6-4-2/h38-45,47,49-55H,3-37H2,1-2H3,(H,48,56). The van der Waals surface area contributed by atoms with E-state index in [1.807, 2.05) is 0 Å². The zero-order chi connectivity index (χ0) is 42.6. The predicted octanol–water partition coefficient (Wildman–Crippen LogP) is 8.28. The Hall–Kier alpha value is -0.890. The molecule has 8 N–H and O–H groups in total. The zero-order valence-corrected chi connectivity index (χ0v) is 37.3. The van der Waals surface area contributed by atoms with E-state index in [0.717, 1.165) is 38.5 Å². The quantitative estimate of drug-likeness (QED) is 0.0279. The maximum Gasteiger partial charge on any atom is 0.249 e. The monoisotopic (exact) mass is 832 g/mol. The van der Waals surface area contributed by atoms with Gasteiger partial charge in [-0.1, -0.05) is 213 Å². The summed E-state index contributed by atoms with van der Waals surface area (Å²) in [4.78, 5) is 13.1. The fraction of sp³-hybridized carbons (Fsp3) is 0.979. The van der Waals surface area contributed by atoms with Gasteiger partial charge in [0.15, 0.2) is 6.29 Å². The third-order valence-electron chi connectivity index (χ3n) is 12.2. The molecule has 0 aromatic rings. The van der Waals surface area contributed by atoms with Crippen LogP contribution in [0.5, 0.6) is 0 Å². The Labute approximate surface area is 354 Å². The molecule has 58 heavy (non-hydrogen) atoms. The molecule has 0 aromatic carbocycles. The lowest BCUT2D eigenvalue weighted by atomic mass is 9.98. The van der Waals surface area contributed by atoms with Crippen molar-refractivity contribution in [3.05, 3.63) is 0 Å². The van der Waals surface area contributed by atoms with Gasteiger partial charge in [0.05, 0.1) is 25.4 Å². The number of ether oxygens (including phenoxy) is 2. The molecule has 0 spiro atoms. The molecular weight excluding hydrogens is 739 g/mol. The maximum atomic E-state index is 13.1. The molecule has 0 aliphatic carbocycles. The second-order valence-corrected chi connectivity index (χ2v) is 17.5. The number of hydrogen-bond donors (Lipinski definition) is 8. The van der Waals surface area contributed by atoms with Gasteiger partial charge in [-0.25, -0.2) is 0 Å². The third-order valence-corrected chi connectivity index (χ3v) is 12.2. The van der Waals surface area contributed by atoms with E-state index < -0.39 is 74.2 Å². The van der Waals surface area contributed by atoms with Crippen LogP contribution in [0.25, 0.3) is 0 Å². The summed E-state index contributed by atoms with van der Waals surface area (Å²) in [5, 5.41) is 75.8. The van der Waals surface area contributed by atoms with Crippen molar-refractivity contribution in [1.29, 1.82) is 0 Å². The summed E-state index contributed by atoms with van der Waals surface area (Å²) >= 11 is 0. The van der Waals surface area contributed by atoms with Crippen LogP contribution in [0, 0.1) is 0 Å². The van der Waals surface area contributed by atoms with Crippen LogP contribution in [0.15, 0.2) is 0 Å². The molecule has 0 saturated carbocycles. The van der Waals surface area contributed by atoms with Gasteiger partial charge >= 0.3 is 0 Å². The lowest BCUT2D eigenvalue weighted by molar-refractivity contribution is -0.303. The molecule has 11 nitrogen and oxygen atoms in total. The van der Waals surface area contributed by atoms with Crippen LogP contribution in [0.3, 0.4) is 0 Å². The van der Waals surface area contributed by atoms with E-state index in [9.17, 15) is 40.5 Å². The van der Waals surface area contributed by atoms with Crippen LogP contribution in [0.2, 0.25) is 0 Å². The number of amides is 1. The Kier molecular flexibility index (Phi) is 36.0. The lowest BCUT2D eigenvalue weighted by Crippen LogP contribution is -2.60. The predicted molar refractivity (Wildman–Crippen MR) is 233 cm³/mol. The first-order valence-electron chi connectivity index (χ1n) is 24.4. The second-order valence-electron chi connectivity index (χ2n) is 17.5. The zero-order valence-electron chi connectivity index (χ0n) is 37.3. The first-order valence-corrected chi connectivity index (χ1v) is 24.4. The number of carbonyl (C=O) groups excluding carboxylic acids is 1. The van der Waals surface area contributed by atoms with Gasteiger partial charge in [0.25, 0.3) is 0 Å². The van der Waals surface area contributed by atoms with E-state index in [1.165, 1.54) is 148 Å². The van der Waals surface area contributed by atoms with E-state index in [0.29, 0.717) is 19.3 Å².